The fourth-order valence-corrected chi connectivity index (χ4v) is 4.77. The van der Waals surface area contributed by atoms with E-state index in [1.165, 1.54) is 4.90 Å². The van der Waals surface area contributed by atoms with E-state index in [0.717, 1.165) is 22.3 Å². The number of hydrogen-bond acceptors (Lipinski definition) is 3. The summed E-state index contributed by atoms with van der Waals surface area (Å²) in [6, 6.07) is 14.2. The summed E-state index contributed by atoms with van der Waals surface area (Å²) in [4.78, 5) is 27.7. The second-order valence-electron chi connectivity index (χ2n) is 7.98. The number of carbonyl (C=O) groups is 2. The Labute approximate surface area is 160 Å². The summed E-state index contributed by atoms with van der Waals surface area (Å²) < 4.78 is 0. The van der Waals surface area contributed by atoms with E-state index >= 15 is 0 Å². The first-order chi connectivity index (χ1) is 12.3. The molecule has 26 heavy (non-hydrogen) atoms. The molecule has 0 radical (unpaired) electrons. The van der Waals surface area contributed by atoms with Crippen molar-refractivity contribution in [3.63, 3.8) is 0 Å². The number of hydrogen-bond donors (Lipinski definition) is 0. The Morgan fingerprint density at radius 2 is 1.54 bits per heavy atom. The molecule has 0 saturated heterocycles. The first-order valence-electron chi connectivity index (χ1n) is 9.03. The van der Waals surface area contributed by atoms with E-state index in [1.807, 2.05) is 64.3 Å². The quantitative estimate of drug-likeness (QED) is 0.534. The molecule has 1 aliphatic rings. The molecule has 0 aromatic heterocycles. The number of aryl methyl sites for hydroxylation is 2. The van der Waals surface area contributed by atoms with Gasteiger partial charge in [0.25, 0.3) is 0 Å². The van der Waals surface area contributed by atoms with Crippen molar-refractivity contribution in [2.75, 3.05) is 6.26 Å². The minimum atomic E-state index is -0.644. The molecule has 0 heterocycles. The minimum absolute atomic E-state index is 0.0422. The lowest BCUT2D eigenvalue weighted by Crippen LogP contribution is -2.43. The fourth-order valence-electron chi connectivity index (χ4n) is 4.36. The highest BCUT2D eigenvalue weighted by Crippen LogP contribution is 2.48. The van der Waals surface area contributed by atoms with Crippen LogP contribution >= 0.6 is 11.8 Å². The topological polar surface area (TPSA) is 34.1 Å². The molecule has 2 aromatic carbocycles. The lowest BCUT2D eigenvalue weighted by molar-refractivity contribution is -0.137. The van der Waals surface area contributed by atoms with Crippen LogP contribution < -0.4 is 0 Å². The largest absolute Gasteiger partial charge is 0.298 e. The van der Waals surface area contributed by atoms with Gasteiger partial charge in [-0.15, -0.1) is 11.8 Å². The number of ketones is 2. The second-order valence-corrected chi connectivity index (χ2v) is 8.86. The average molecular weight is 367 g/mol. The minimum Gasteiger partial charge on any atom is -0.298 e. The summed E-state index contributed by atoms with van der Waals surface area (Å²) in [6.45, 7) is 8.06. The zero-order valence-corrected chi connectivity index (χ0v) is 16.9. The van der Waals surface area contributed by atoms with Gasteiger partial charge in [-0.1, -0.05) is 44.2 Å². The molecular weight excluding hydrogens is 340 g/mol. The maximum absolute atomic E-state index is 13.6. The molecule has 3 heteroatoms. The monoisotopic (exact) mass is 366 g/mol. The maximum Gasteiger partial charge on any atom is 0.155 e. The van der Waals surface area contributed by atoms with Gasteiger partial charge in [0.1, 0.15) is 11.7 Å². The van der Waals surface area contributed by atoms with Crippen molar-refractivity contribution < 1.29 is 9.59 Å². The third kappa shape index (κ3) is 3.25. The van der Waals surface area contributed by atoms with Gasteiger partial charge < -0.3 is 0 Å². The van der Waals surface area contributed by atoms with Gasteiger partial charge in [-0.25, -0.2) is 0 Å². The molecule has 1 fully saturated rings. The summed E-state index contributed by atoms with van der Waals surface area (Å²) in [5, 5.41) is 0. The predicted molar refractivity (Wildman–Crippen MR) is 108 cm³/mol. The lowest BCUT2D eigenvalue weighted by Gasteiger charge is -2.41. The highest BCUT2D eigenvalue weighted by Gasteiger charge is 2.49. The molecule has 2 atom stereocenters. The van der Waals surface area contributed by atoms with Crippen molar-refractivity contribution in [2.45, 2.75) is 50.8 Å². The Bertz CT molecular complexity index is 829. The summed E-state index contributed by atoms with van der Waals surface area (Å²) in [5.41, 5.74) is 3.59. The van der Waals surface area contributed by atoms with E-state index in [4.69, 9.17) is 0 Å². The molecule has 2 aromatic rings. The molecule has 1 saturated carbocycles. The molecule has 0 amide bonds. The number of carbonyl (C=O) groups excluding carboxylic acids is 2. The third-order valence-electron chi connectivity index (χ3n) is 5.58. The number of rotatable bonds is 3. The first kappa shape index (κ1) is 18.9. The Morgan fingerprint density at radius 1 is 0.962 bits per heavy atom. The SMILES string of the molecule is CSc1ccc(C2C(=O)C(c3c(C)cccc3C)C(=O)CC2(C)C)cc1. The standard InChI is InChI=1S/C23H26O2S/c1-14-7-6-8-15(2)19(14)20-18(24)13-23(3,4)21(22(20)25)16-9-11-17(26-5)12-10-16/h6-12,20-21H,13H2,1-5H3. The molecular formula is C23H26O2S. The van der Waals surface area contributed by atoms with E-state index in [-0.39, 0.29) is 22.9 Å². The van der Waals surface area contributed by atoms with Crippen LogP contribution in [-0.2, 0) is 9.59 Å². The number of benzene rings is 2. The van der Waals surface area contributed by atoms with Crippen molar-refractivity contribution in [3.05, 3.63) is 64.7 Å². The molecule has 1 aliphatic carbocycles. The molecule has 0 N–H and O–H groups in total. The Balaban J connectivity index is 2.09. The molecule has 0 spiro atoms. The zero-order chi connectivity index (χ0) is 19.1. The molecule has 2 unspecified atom stereocenters. The van der Waals surface area contributed by atoms with Crippen LogP contribution in [0.25, 0.3) is 0 Å². The van der Waals surface area contributed by atoms with Crippen molar-refractivity contribution in [3.8, 4) is 0 Å². The van der Waals surface area contributed by atoms with E-state index < -0.39 is 5.92 Å². The van der Waals surface area contributed by atoms with Crippen LogP contribution in [0.3, 0.4) is 0 Å². The van der Waals surface area contributed by atoms with Crippen molar-refractivity contribution >= 4 is 23.3 Å². The van der Waals surface area contributed by atoms with E-state index in [2.05, 4.69) is 12.1 Å². The molecule has 0 aliphatic heterocycles. The average Bonchev–Trinajstić information content (AvgIpc) is 2.57. The normalized spacial score (nSPS) is 22.5. The van der Waals surface area contributed by atoms with Gasteiger partial charge in [0.2, 0.25) is 0 Å². The van der Waals surface area contributed by atoms with Gasteiger partial charge in [-0.05, 0) is 59.9 Å². The summed E-state index contributed by atoms with van der Waals surface area (Å²) in [6.07, 6.45) is 2.46. The van der Waals surface area contributed by atoms with Crippen LogP contribution in [-0.4, -0.2) is 17.8 Å². The summed E-state index contributed by atoms with van der Waals surface area (Å²) in [5.74, 6) is -0.815. The zero-order valence-electron chi connectivity index (χ0n) is 16.1. The third-order valence-corrected chi connectivity index (χ3v) is 6.33. The van der Waals surface area contributed by atoms with Crippen LogP contribution in [0.15, 0.2) is 47.4 Å². The van der Waals surface area contributed by atoms with Crippen LogP contribution in [0.2, 0.25) is 0 Å². The maximum atomic E-state index is 13.6. The second kappa shape index (κ2) is 7.03. The van der Waals surface area contributed by atoms with Gasteiger partial charge in [-0.3, -0.25) is 9.59 Å². The van der Waals surface area contributed by atoms with Crippen LogP contribution in [0.5, 0.6) is 0 Å². The van der Waals surface area contributed by atoms with Gasteiger partial charge in [-0.2, -0.15) is 0 Å². The van der Waals surface area contributed by atoms with Gasteiger partial charge >= 0.3 is 0 Å². The van der Waals surface area contributed by atoms with Gasteiger partial charge in [0, 0.05) is 17.2 Å². The van der Waals surface area contributed by atoms with Crippen LogP contribution in [0, 0.1) is 19.3 Å². The first-order valence-corrected chi connectivity index (χ1v) is 10.2. The number of Topliss-reactive ketones (excluding diaryl/α,β-unsaturated/α-hetero) is 2. The van der Waals surface area contributed by atoms with Crippen molar-refractivity contribution in [1.82, 2.24) is 0 Å². The van der Waals surface area contributed by atoms with Crippen LogP contribution in [0.4, 0.5) is 0 Å². The van der Waals surface area contributed by atoms with E-state index in [9.17, 15) is 9.59 Å². The Hall–Kier alpha value is -1.87. The highest BCUT2D eigenvalue weighted by atomic mass is 32.2. The molecule has 3 rings (SSSR count). The van der Waals surface area contributed by atoms with Crippen molar-refractivity contribution in [2.24, 2.45) is 5.41 Å². The number of thioether (sulfide) groups is 1. The van der Waals surface area contributed by atoms with Gasteiger partial charge in [0.05, 0.1) is 0 Å². The highest BCUT2D eigenvalue weighted by molar-refractivity contribution is 7.98. The summed E-state index contributed by atoms with van der Waals surface area (Å²) in [7, 11) is 0. The van der Waals surface area contributed by atoms with E-state index in [1.54, 1.807) is 11.8 Å². The van der Waals surface area contributed by atoms with Crippen LogP contribution in [0.1, 0.15) is 54.4 Å². The fraction of sp³-hybridized carbons (Fsp3) is 0.391. The van der Waals surface area contributed by atoms with Gasteiger partial charge in [0.15, 0.2) is 5.78 Å². The molecule has 136 valence electrons. The Morgan fingerprint density at radius 3 is 2.08 bits per heavy atom. The predicted octanol–water partition coefficient (Wildman–Crippen LogP) is 5.46. The van der Waals surface area contributed by atoms with E-state index in [0.29, 0.717) is 6.42 Å². The molecule has 0 bridgehead atoms. The Kier molecular flexibility index (Phi) is 5.12. The summed E-state index contributed by atoms with van der Waals surface area (Å²) >= 11 is 1.69. The smallest absolute Gasteiger partial charge is 0.155 e. The molecule has 2 nitrogen and oxygen atoms in total. The van der Waals surface area contributed by atoms with Crippen molar-refractivity contribution in [1.29, 1.82) is 0 Å². The lowest BCUT2D eigenvalue weighted by atomic mass is 9.60.